The molecular weight excluding hydrogens is 244 g/mol. The molecule has 1 saturated heterocycles. The summed E-state index contributed by atoms with van der Waals surface area (Å²) in [5.41, 5.74) is 8.08. The van der Waals surface area contributed by atoms with E-state index in [-0.39, 0.29) is 5.97 Å². The minimum atomic E-state index is -0.483. The number of morpholine rings is 1. The normalized spacial score (nSPS) is 20.2. The van der Waals surface area contributed by atoms with Crippen molar-refractivity contribution < 1.29 is 14.3 Å². The van der Waals surface area contributed by atoms with Gasteiger partial charge in [0, 0.05) is 26.2 Å². The van der Waals surface area contributed by atoms with Crippen LogP contribution in [0.5, 0.6) is 0 Å². The fourth-order valence-electron chi connectivity index (χ4n) is 2.27. The van der Waals surface area contributed by atoms with Crippen molar-refractivity contribution in [3.8, 4) is 0 Å². The Kier molecular flexibility index (Phi) is 4.90. The van der Waals surface area contributed by atoms with Crippen LogP contribution in [0, 0.1) is 0 Å². The SMILES string of the molecule is COC(=O)C1CN(Cc2ccccc2CN)CCO1. The highest BCUT2D eigenvalue weighted by molar-refractivity contribution is 5.74. The van der Waals surface area contributed by atoms with Crippen LogP contribution in [0.3, 0.4) is 0 Å². The molecule has 0 radical (unpaired) electrons. The summed E-state index contributed by atoms with van der Waals surface area (Å²) in [6.45, 7) is 3.23. The van der Waals surface area contributed by atoms with Crippen molar-refractivity contribution >= 4 is 5.97 Å². The minimum absolute atomic E-state index is 0.309. The van der Waals surface area contributed by atoms with E-state index in [0.717, 1.165) is 18.7 Å². The topological polar surface area (TPSA) is 64.8 Å². The third-order valence-electron chi connectivity index (χ3n) is 3.35. The Labute approximate surface area is 113 Å². The molecule has 1 fully saturated rings. The van der Waals surface area contributed by atoms with Crippen LogP contribution in [-0.2, 0) is 27.4 Å². The maximum Gasteiger partial charge on any atom is 0.336 e. The quantitative estimate of drug-likeness (QED) is 0.803. The second kappa shape index (κ2) is 6.65. The Morgan fingerprint density at radius 3 is 2.89 bits per heavy atom. The molecule has 104 valence electrons. The van der Waals surface area contributed by atoms with Crippen LogP contribution in [-0.4, -0.2) is 43.8 Å². The number of nitrogens with zero attached hydrogens (tertiary/aromatic N) is 1. The van der Waals surface area contributed by atoms with Crippen LogP contribution in [0.15, 0.2) is 24.3 Å². The number of hydrogen-bond acceptors (Lipinski definition) is 5. The number of esters is 1. The molecule has 1 atom stereocenters. The van der Waals surface area contributed by atoms with Crippen LogP contribution < -0.4 is 5.73 Å². The van der Waals surface area contributed by atoms with Gasteiger partial charge in [-0.15, -0.1) is 0 Å². The summed E-state index contributed by atoms with van der Waals surface area (Å²) in [4.78, 5) is 13.7. The van der Waals surface area contributed by atoms with Gasteiger partial charge in [0.05, 0.1) is 13.7 Å². The van der Waals surface area contributed by atoms with Crippen LogP contribution in [0.1, 0.15) is 11.1 Å². The zero-order valence-electron chi connectivity index (χ0n) is 11.2. The summed E-state index contributed by atoms with van der Waals surface area (Å²) >= 11 is 0. The zero-order valence-corrected chi connectivity index (χ0v) is 11.2. The van der Waals surface area contributed by atoms with Crippen molar-refractivity contribution in [2.45, 2.75) is 19.2 Å². The molecule has 2 N–H and O–H groups in total. The van der Waals surface area contributed by atoms with Crippen molar-refractivity contribution in [3.63, 3.8) is 0 Å². The highest BCUT2D eigenvalue weighted by Crippen LogP contribution is 2.14. The molecule has 1 heterocycles. The van der Waals surface area contributed by atoms with Gasteiger partial charge >= 0.3 is 5.97 Å². The Hall–Kier alpha value is -1.43. The second-order valence-corrected chi connectivity index (χ2v) is 4.59. The molecule has 19 heavy (non-hydrogen) atoms. The van der Waals surface area contributed by atoms with Gasteiger partial charge in [0.2, 0.25) is 0 Å². The Balaban J connectivity index is 2.00. The monoisotopic (exact) mass is 264 g/mol. The third-order valence-corrected chi connectivity index (χ3v) is 3.35. The number of benzene rings is 1. The molecule has 1 aromatic rings. The van der Waals surface area contributed by atoms with Gasteiger partial charge < -0.3 is 15.2 Å². The highest BCUT2D eigenvalue weighted by atomic mass is 16.6. The van der Waals surface area contributed by atoms with Crippen molar-refractivity contribution in [2.24, 2.45) is 5.73 Å². The van der Waals surface area contributed by atoms with Gasteiger partial charge in [-0.1, -0.05) is 24.3 Å². The molecule has 5 heteroatoms. The Bertz CT molecular complexity index is 436. The van der Waals surface area contributed by atoms with Crippen LogP contribution >= 0.6 is 0 Å². The molecule has 0 aliphatic carbocycles. The summed E-state index contributed by atoms with van der Waals surface area (Å²) < 4.78 is 10.1. The lowest BCUT2D eigenvalue weighted by Crippen LogP contribution is -2.46. The predicted molar refractivity (Wildman–Crippen MR) is 71.4 cm³/mol. The first kappa shape index (κ1) is 14.0. The summed E-state index contributed by atoms with van der Waals surface area (Å²) in [7, 11) is 1.38. The second-order valence-electron chi connectivity index (χ2n) is 4.59. The summed E-state index contributed by atoms with van der Waals surface area (Å²) in [6, 6.07) is 8.10. The van der Waals surface area contributed by atoms with Crippen LogP contribution in [0.25, 0.3) is 0 Å². The van der Waals surface area contributed by atoms with E-state index in [0.29, 0.717) is 19.7 Å². The molecule has 1 unspecified atom stereocenters. The van der Waals surface area contributed by atoms with Gasteiger partial charge in [-0.05, 0) is 11.1 Å². The van der Waals surface area contributed by atoms with E-state index in [4.69, 9.17) is 15.2 Å². The molecule has 1 aromatic carbocycles. The molecular formula is C14H20N2O3. The average molecular weight is 264 g/mol. The van der Waals surface area contributed by atoms with E-state index in [2.05, 4.69) is 11.0 Å². The smallest absolute Gasteiger partial charge is 0.336 e. The van der Waals surface area contributed by atoms with E-state index in [1.54, 1.807) is 0 Å². The number of carbonyl (C=O) groups is 1. The number of rotatable bonds is 4. The van der Waals surface area contributed by atoms with Gasteiger partial charge in [-0.25, -0.2) is 4.79 Å². The first-order chi connectivity index (χ1) is 9.24. The number of methoxy groups -OCH3 is 1. The van der Waals surface area contributed by atoms with Gasteiger partial charge in [0.25, 0.3) is 0 Å². The lowest BCUT2D eigenvalue weighted by atomic mass is 10.1. The lowest BCUT2D eigenvalue weighted by molar-refractivity contribution is -0.160. The van der Waals surface area contributed by atoms with E-state index in [1.807, 2.05) is 18.2 Å². The van der Waals surface area contributed by atoms with E-state index < -0.39 is 6.10 Å². The minimum Gasteiger partial charge on any atom is -0.467 e. The van der Waals surface area contributed by atoms with Gasteiger partial charge in [0.1, 0.15) is 0 Å². The summed E-state index contributed by atoms with van der Waals surface area (Å²) in [6.07, 6.45) is -0.483. The van der Waals surface area contributed by atoms with E-state index >= 15 is 0 Å². The van der Waals surface area contributed by atoms with Crippen LogP contribution in [0.2, 0.25) is 0 Å². The van der Waals surface area contributed by atoms with Crippen molar-refractivity contribution in [1.82, 2.24) is 4.90 Å². The molecule has 1 aliphatic rings. The molecule has 0 bridgehead atoms. The Morgan fingerprint density at radius 1 is 1.47 bits per heavy atom. The van der Waals surface area contributed by atoms with Gasteiger partial charge in [-0.2, -0.15) is 0 Å². The summed E-state index contributed by atoms with van der Waals surface area (Å²) in [5.74, 6) is -0.309. The molecule has 1 aliphatic heterocycles. The molecule has 5 nitrogen and oxygen atoms in total. The van der Waals surface area contributed by atoms with Crippen molar-refractivity contribution in [1.29, 1.82) is 0 Å². The molecule has 0 aromatic heterocycles. The van der Waals surface area contributed by atoms with Gasteiger partial charge in [-0.3, -0.25) is 4.90 Å². The standard InChI is InChI=1S/C14H20N2O3/c1-18-14(17)13-10-16(6-7-19-13)9-12-5-3-2-4-11(12)8-15/h2-5,13H,6-10,15H2,1H3. The third kappa shape index (κ3) is 3.53. The summed E-state index contributed by atoms with van der Waals surface area (Å²) in [5, 5.41) is 0. The van der Waals surface area contributed by atoms with Crippen molar-refractivity contribution in [2.75, 3.05) is 26.8 Å². The lowest BCUT2D eigenvalue weighted by Gasteiger charge is -2.31. The fraction of sp³-hybridized carbons (Fsp3) is 0.500. The molecule has 0 amide bonds. The number of carbonyl (C=O) groups excluding carboxylic acids is 1. The maximum absolute atomic E-state index is 11.5. The largest absolute Gasteiger partial charge is 0.467 e. The highest BCUT2D eigenvalue weighted by Gasteiger charge is 2.27. The fourth-order valence-corrected chi connectivity index (χ4v) is 2.27. The number of ether oxygens (including phenoxy) is 2. The number of nitrogens with two attached hydrogens (primary N) is 1. The first-order valence-corrected chi connectivity index (χ1v) is 6.43. The maximum atomic E-state index is 11.5. The van der Waals surface area contributed by atoms with E-state index in [9.17, 15) is 4.79 Å². The first-order valence-electron chi connectivity index (χ1n) is 6.43. The molecule has 2 rings (SSSR count). The molecule has 0 spiro atoms. The number of hydrogen-bond donors (Lipinski definition) is 1. The van der Waals surface area contributed by atoms with Crippen molar-refractivity contribution in [3.05, 3.63) is 35.4 Å². The predicted octanol–water partition coefficient (Wildman–Crippen LogP) is 0.519. The Morgan fingerprint density at radius 2 is 2.21 bits per heavy atom. The van der Waals surface area contributed by atoms with Gasteiger partial charge in [0.15, 0.2) is 6.10 Å². The van der Waals surface area contributed by atoms with E-state index in [1.165, 1.54) is 12.7 Å². The zero-order chi connectivity index (χ0) is 13.7. The van der Waals surface area contributed by atoms with Crippen LogP contribution in [0.4, 0.5) is 0 Å². The molecule has 0 saturated carbocycles. The average Bonchev–Trinajstić information content (AvgIpc) is 2.47.